The van der Waals surface area contributed by atoms with E-state index in [1.807, 2.05) is 24.3 Å². The largest absolute Gasteiger partial charge is 0.350 e. The highest BCUT2D eigenvalue weighted by molar-refractivity contribution is 6.31. The maximum atomic E-state index is 12.4. The fraction of sp³-hybridized carbons (Fsp3) is 0.368. The molecule has 0 aliphatic heterocycles. The summed E-state index contributed by atoms with van der Waals surface area (Å²) in [7, 11) is 1.65. The molecule has 1 heterocycles. The van der Waals surface area contributed by atoms with Gasteiger partial charge in [-0.2, -0.15) is 0 Å². The lowest BCUT2D eigenvalue weighted by Gasteiger charge is -2.31. The summed E-state index contributed by atoms with van der Waals surface area (Å²) in [6, 6.07) is 10.6. The second kappa shape index (κ2) is 8.83. The molecule has 1 amide bonds. The van der Waals surface area contributed by atoms with Crippen molar-refractivity contribution in [3.05, 3.63) is 69.1 Å². The lowest BCUT2D eigenvalue weighted by Crippen LogP contribution is -2.38. The van der Waals surface area contributed by atoms with Crippen LogP contribution in [-0.2, 0) is 7.05 Å². The Labute approximate surface area is 153 Å². The molecule has 0 radical (unpaired) electrons. The Morgan fingerprint density at radius 1 is 1.24 bits per heavy atom. The van der Waals surface area contributed by atoms with Gasteiger partial charge in [-0.05, 0) is 30.8 Å². The van der Waals surface area contributed by atoms with Crippen LogP contribution in [0.15, 0.2) is 47.4 Å². The number of aromatic nitrogens is 1. The number of likely N-dealkylation sites (N-methyl/N-ethyl adjacent to an activating group) is 1. The van der Waals surface area contributed by atoms with Crippen LogP contribution in [0.3, 0.4) is 0 Å². The number of amides is 1. The van der Waals surface area contributed by atoms with Crippen molar-refractivity contribution in [2.75, 3.05) is 19.6 Å². The van der Waals surface area contributed by atoms with Gasteiger partial charge in [0.25, 0.3) is 11.5 Å². The molecule has 0 saturated carbocycles. The van der Waals surface area contributed by atoms with Crippen molar-refractivity contribution in [2.45, 2.75) is 19.9 Å². The minimum Gasteiger partial charge on any atom is -0.350 e. The van der Waals surface area contributed by atoms with E-state index in [9.17, 15) is 9.59 Å². The number of rotatable bonds is 7. The van der Waals surface area contributed by atoms with Crippen LogP contribution in [0.1, 0.15) is 35.8 Å². The topological polar surface area (TPSA) is 54.3 Å². The fourth-order valence-corrected chi connectivity index (χ4v) is 3.09. The minimum atomic E-state index is -0.262. The molecule has 0 aliphatic carbocycles. The van der Waals surface area contributed by atoms with Gasteiger partial charge < -0.3 is 9.88 Å². The van der Waals surface area contributed by atoms with Gasteiger partial charge in [0.1, 0.15) is 0 Å². The van der Waals surface area contributed by atoms with Crippen molar-refractivity contribution in [3.63, 3.8) is 0 Å². The van der Waals surface area contributed by atoms with E-state index in [0.717, 1.165) is 18.7 Å². The normalized spacial score (nSPS) is 12.2. The van der Waals surface area contributed by atoms with Gasteiger partial charge in [-0.25, -0.2) is 0 Å². The highest BCUT2D eigenvalue weighted by Crippen LogP contribution is 2.27. The van der Waals surface area contributed by atoms with E-state index >= 15 is 0 Å². The van der Waals surface area contributed by atoms with Crippen molar-refractivity contribution in [2.24, 2.45) is 7.05 Å². The number of hydrogen-bond acceptors (Lipinski definition) is 3. The van der Waals surface area contributed by atoms with Crippen LogP contribution in [0.25, 0.3) is 0 Å². The molecule has 1 aromatic heterocycles. The molecule has 1 aromatic carbocycles. The van der Waals surface area contributed by atoms with Crippen molar-refractivity contribution in [1.82, 2.24) is 14.8 Å². The molecule has 0 fully saturated rings. The number of halogens is 1. The lowest BCUT2D eigenvalue weighted by atomic mass is 10.0. The standard InChI is InChI=1S/C19H24ClN3O2/c1-4-23(5-2)17(15-8-6-7-9-16(15)20)13-21-19(25)14-10-11-22(3)18(24)12-14/h6-12,17H,4-5,13H2,1-3H3,(H,21,25). The first-order chi connectivity index (χ1) is 12.0. The first kappa shape index (κ1) is 19.2. The number of nitrogens with one attached hydrogen (secondary N) is 1. The average molecular weight is 362 g/mol. The fourth-order valence-electron chi connectivity index (χ4n) is 2.83. The van der Waals surface area contributed by atoms with E-state index < -0.39 is 0 Å². The van der Waals surface area contributed by atoms with E-state index in [-0.39, 0.29) is 17.5 Å². The summed E-state index contributed by atoms with van der Waals surface area (Å²) >= 11 is 6.36. The molecule has 1 N–H and O–H groups in total. The van der Waals surface area contributed by atoms with E-state index in [0.29, 0.717) is 17.1 Å². The van der Waals surface area contributed by atoms with E-state index in [2.05, 4.69) is 24.1 Å². The first-order valence-electron chi connectivity index (χ1n) is 8.41. The van der Waals surface area contributed by atoms with Crippen LogP contribution in [0, 0.1) is 0 Å². The smallest absolute Gasteiger partial charge is 0.251 e. The molecule has 0 aliphatic rings. The van der Waals surface area contributed by atoms with Gasteiger partial charge in [0.15, 0.2) is 0 Å². The Morgan fingerprint density at radius 3 is 2.52 bits per heavy atom. The van der Waals surface area contributed by atoms with Crippen LogP contribution >= 0.6 is 11.6 Å². The maximum Gasteiger partial charge on any atom is 0.251 e. The zero-order valence-electron chi connectivity index (χ0n) is 14.8. The lowest BCUT2D eigenvalue weighted by molar-refractivity contribution is 0.0934. The van der Waals surface area contributed by atoms with Gasteiger partial charge in [-0.15, -0.1) is 0 Å². The Morgan fingerprint density at radius 2 is 1.92 bits per heavy atom. The molecular weight excluding hydrogens is 338 g/mol. The SMILES string of the molecule is CCN(CC)C(CNC(=O)c1ccn(C)c(=O)c1)c1ccccc1Cl. The molecule has 0 bridgehead atoms. The van der Waals surface area contributed by atoms with Gasteiger partial charge in [0.2, 0.25) is 0 Å². The van der Waals surface area contributed by atoms with Crippen LogP contribution < -0.4 is 10.9 Å². The zero-order valence-corrected chi connectivity index (χ0v) is 15.6. The van der Waals surface area contributed by atoms with Crippen molar-refractivity contribution >= 4 is 17.5 Å². The monoisotopic (exact) mass is 361 g/mol. The molecule has 5 nitrogen and oxygen atoms in total. The number of benzene rings is 1. The number of hydrogen-bond donors (Lipinski definition) is 1. The highest BCUT2D eigenvalue weighted by Gasteiger charge is 2.21. The maximum absolute atomic E-state index is 12.4. The summed E-state index contributed by atoms with van der Waals surface area (Å²) in [5.41, 5.74) is 1.14. The Bertz CT molecular complexity index is 784. The third-order valence-corrected chi connectivity index (χ3v) is 4.68. The molecular formula is C19H24ClN3O2. The van der Waals surface area contributed by atoms with Crippen LogP contribution in [0.5, 0.6) is 0 Å². The van der Waals surface area contributed by atoms with Crippen molar-refractivity contribution in [3.8, 4) is 0 Å². The quantitative estimate of drug-likeness (QED) is 0.825. The van der Waals surface area contributed by atoms with Crippen molar-refractivity contribution < 1.29 is 4.79 Å². The number of pyridine rings is 1. The number of aryl methyl sites for hydroxylation is 1. The summed E-state index contributed by atoms with van der Waals surface area (Å²) < 4.78 is 1.43. The molecule has 2 aromatic rings. The summed E-state index contributed by atoms with van der Waals surface area (Å²) in [5, 5.41) is 3.62. The van der Waals surface area contributed by atoms with Crippen molar-refractivity contribution in [1.29, 1.82) is 0 Å². The van der Waals surface area contributed by atoms with E-state index in [1.165, 1.54) is 10.6 Å². The van der Waals surface area contributed by atoms with E-state index in [4.69, 9.17) is 11.6 Å². The second-order valence-corrected chi connectivity index (χ2v) is 6.24. The third-order valence-electron chi connectivity index (χ3n) is 4.34. The van der Waals surface area contributed by atoms with Gasteiger partial charge in [0, 0.05) is 36.4 Å². The molecule has 25 heavy (non-hydrogen) atoms. The molecule has 2 rings (SSSR count). The first-order valence-corrected chi connectivity index (χ1v) is 8.79. The molecule has 134 valence electrons. The summed E-state index contributed by atoms with van der Waals surface area (Å²) in [6.45, 7) is 6.26. The van der Waals surface area contributed by atoms with Crippen LogP contribution in [0.2, 0.25) is 5.02 Å². The minimum absolute atomic E-state index is 0.0285. The highest BCUT2D eigenvalue weighted by atomic mass is 35.5. The van der Waals surface area contributed by atoms with Gasteiger partial charge in [-0.1, -0.05) is 43.6 Å². The van der Waals surface area contributed by atoms with Crippen LogP contribution in [0.4, 0.5) is 0 Å². The van der Waals surface area contributed by atoms with Gasteiger partial charge in [-0.3, -0.25) is 14.5 Å². The second-order valence-electron chi connectivity index (χ2n) is 5.83. The molecule has 1 unspecified atom stereocenters. The predicted molar refractivity (Wildman–Crippen MR) is 101 cm³/mol. The summed E-state index contributed by atoms with van der Waals surface area (Å²) in [5.74, 6) is -0.262. The Kier molecular flexibility index (Phi) is 6.79. The average Bonchev–Trinajstić information content (AvgIpc) is 2.61. The summed E-state index contributed by atoms with van der Waals surface area (Å²) in [6.07, 6.45) is 1.59. The predicted octanol–water partition coefficient (Wildman–Crippen LogP) is 2.85. The Balaban J connectivity index is 2.19. The van der Waals surface area contributed by atoms with Crippen LogP contribution in [-0.4, -0.2) is 35.0 Å². The number of carbonyl (C=O) groups is 1. The molecule has 1 atom stereocenters. The molecule has 0 saturated heterocycles. The van der Waals surface area contributed by atoms with Gasteiger partial charge in [0.05, 0.1) is 6.04 Å². The Hall–Kier alpha value is -2.11. The van der Waals surface area contributed by atoms with E-state index in [1.54, 1.807) is 19.3 Å². The number of nitrogens with zero attached hydrogens (tertiary/aromatic N) is 2. The third kappa shape index (κ3) is 4.71. The summed E-state index contributed by atoms with van der Waals surface area (Å²) in [4.78, 5) is 26.4. The van der Waals surface area contributed by atoms with Gasteiger partial charge >= 0.3 is 0 Å². The molecule has 6 heteroatoms. The number of carbonyl (C=O) groups excluding carboxylic acids is 1. The zero-order chi connectivity index (χ0) is 18.4. The molecule has 0 spiro atoms.